The van der Waals surface area contributed by atoms with Crippen molar-refractivity contribution in [3.63, 3.8) is 0 Å². The van der Waals surface area contributed by atoms with Crippen LogP contribution in [-0.2, 0) is 14.8 Å². The van der Waals surface area contributed by atoms with Crippen molar-refractivity contribution < 1.29 is 22.9 Å². The van der Waals surface area contributed by atoms with Crippen LogP contribution in [0.15, 0.2) is 29.2 Å². The maximum Gasteiger partial charge on any atom is 0.269 e. The summed E-state index contributed by atoms with van der Waals surface area (Å²) in [6.07, 6.45) is 1.86. The molecule has 150 valence electrons. The molecule has 0 unspecified atom stereocenters. The van der Waals surface area contributed by atoms with E-state index >= 15 is 0 Å². The normalized spacial score (nSPS) is 16.4. The predicted octanol–water partition coefficient (Wildman–Crippen LogP) is 0.431. The fourth-order valence-electron chi connectivity index (χ4n) is 3.34. The monoisotopic (exact) mass is 396 g/mol. The van der Waals surface area contributed by atoms with Gasteiger partial charge in [0.15, 0.2) is 0 Å². The first-order valence-electron chi connectivity index (χ1n) is 9.60. The van der Waals surface area contributed by atoms with E-state index in [9.17, 15) is 18.0 Å². The van der Waals surface area contributed by atoms with Crippen LogP contribution in [-0.4, -0.2) is 56.8 Å². The van der Waals surface area contributed by atoms with Crippen LogP contribution in [0.4, 0.5) is 0 Å². The smallest absolute Gasteiger partial charge is 0.269 e. The number of carbonyl (C=O) groups excluding carboxylic acids is 2. The number of nitrogens with one attached hydrogen (secondary N) is 2. The van der Waals surface area contributed by atoms with Gasteiger partial charge in [0.05, 0.1) is 25.2 Å². The third kappa shape index (κ3) is 5.07. The average Bonchev–Trinajstić information content (AvgIpc) is 2.83. The first-order valence-corrected chi connectivity index (χ1v) is 11.0. The van der Waals surface area contributed by atoms with Crippen molar-refractivity contribution in [2.45, 2.75) is 51.0 Å². The minimum Gasteiger partial charge on any atom is -0.354 e. The van der Waals surface area contributed by atoms with Crippen molar-refractivity contribution in [3.05, 3.63) is 29.8 Å². The third-order valence-electron chi connectivity index (χ3n) is 5.03. The Bertz CT molecular complexity index is 775. The zero-order valence-electron chi connectivity index (χ0n) is 16.3. The number of fused-ring (bicyclic) bond motifs is 1. The first-order chi connectivity index (χ1) is 12.8. The van der Waals surface area contributed by atoms with Gasteiger partial charge in [0.25, 0.3) is 15.9 Å². The molecule has 0 bridgehead atoms. The first kappa shape index (κ1) is 21.4. The molecule has 1 aromatic rings. The summed E-state index contributed by atoms with van der Waals surface area (Å²) in [7, 11) is -3.85. The van der Waals surface area contributed by atoms with Gasteiger partial charge < -0.3 is 10.2 Å². The van der Waals surface area contributed by atoms with Gasteiger partial charge in [0.1, 0.15) is 4.90 Å². The number of rotatable bonds is 10. The molecule has 0 fully saturated rings. The van der Waals surface area contributed by atoms with Gasteiger partial charge in [-0.25, -0.2) is 12.7 Å². The largest absolute Gasteiger partial charge is 0.354 e. The molecule has 0 spiro atoms. The quantitative estimate of drug-likeness (QED) is 0.600. The van der Waals surface area contributed by atoms with Crippen molar-refractivity contribution in [3.8, 4) is 0 Å². The van der Waals surface area contributed by atoms with Crippen LogP contribution in [0.1, 0.15) is 50.4 Å². The number of benzene rings is 1. The summed E-state index contributed by atoms with van der Waals surface area (Å²) in [5.41, 5.74) is 0.171. The van der Waals surface area contributed by atoms with Crippen LogP contribution >= 0.6 is 0 Å². The van der Waals surface area contributed by atoms with Crippen molar-refractivity contribution in [2.24, 2.45) is 0 Å². The summed E-state index contributed by atoms with van der Waals surface area (Å²) in [5, 5.41) is 2.90. The van der Waals surface area contributed by atoms with Gasteiger partial charge in [0, 0.05) is 19.0 Å². The van der Waals surface area contributed by atoms with E-state index in [1.54, 1.807) is 12.1 Å². The fourth-order valence-corrected chi connectivity index (χ4v) is 4.91. The highest BCUT2D eigenvalue weighted by molar-refractivity contribution is 7.90. The van der Waals surface area contributed by atoms with Gasteiger partial charge in [-0.2, -0.15) is 0 Å². The molecule has 1 aliphatic rings. The van der Waals surface area contributed by atoms with Crippen molar-refractivity contribution in [2.75, 3.05) is 26.2 Å². The molecule has 1 atom stereocenters. The zero-order chi connectivity index (χ0) is 20.0. The van der Waals surface area contributed by atoms with Gasteiger partial charge in [-0.1, -0.05) is 12.1 Å². The Morgan fingerprint density at radius 1 is 1.22 bits per heavy atom. The van der Waals surface area contributed by atoms with Gasteiger partial charge in [0.2, 0.25) is 5.91 Å². The molecular weight excluding hydrogens is 366 g/mol. The average molecular weight is 397 g/mol. The Morgan fingerprint density at radius 3 is 2.52 bits per heavy atom. The number of amides is 2. The molecule has 0 saturated carbocycles. The lowest BCUT2D eigenvalue weighted by Crippen LogP contribution is -3.11. The minimum atomic E-state index is -3.85. The second-order valence-corrected chi connectivity index (χ2v) is 8.78. The van der Waals surface area contributed by atoms with E-state index in [4.69, 9.17) is 0 Å². The molecule has 8 heteroatoms. The molecule has 0 aromatic heterocycles. The molecule has 1 aromatic carbocycles. The highest BCUT2D eigenvalue weighted by Crippen LogP contribution is 2.29. The summed E-state index contributed by atoms with van der Waals surface area (Å²) < 4.78 is 25.7. The minimum absolute atomic E-state index is 0.0164. The number of carbonyl (C=O) groups is 2. The molecule has 0 saturated heterocycles. The Balaban J connectivity index is 1.81. The molecule has 2 N–H and O–H groups in total. The summed E-state index contributed by atoms with van der Waals surface area (Å²) in [6.45, 7) is 9.40. The molecule has 7 nitrogen and oxygen atoms in total. The van der Waals surface area contributed by atoms with Crippen LogP contribution in [0, 0.1) is 0 Å². The highest BCUT2D eigenvalue weighted by atomic mass is 32.2. The Labute approximate surface area is 161 Å². The van der Waals surface area contributed by atoms with Crippen molar-refractivity contribution in [1.82, 2.24) is 9.62 Å². The van der Waals surface area contributed by atoms with Gasteiger partial charge in [-0.15, -0.1) is 0 Å². The molecule has 0 aliphatic carbocycles. The summed E-state index contributed by atoms with van der Waals surface area (Å²) in [5.74, 6) is -0.801. The third-order valence-corrected chi connectivity index (χ3v) is 6.87. The van der Waals surface area contributed by atoms with Gasteiger partial charge in [-0.05, 0) is 45.7 Å². The summed E-state index contributed by atoms with van der Waals surface area (Å²) in [4.78, 5) is 26.0. The zero-order valence-corrected chi connectivity index (χ0v) is 17.1. The maximum atomic E-state index is 12.5. The standard InChI is InChI=1S/C19H29N3O4S/c1-4-21(5-2)13-8-9-15(3)20-18(23)12-14-22-19(24)16-10-6-7-11-17(16)27(22,25)26/h6-7,10-11,15H,4-5,8-9,12-14H2,1-3H3,(H,20,23)/p+1/t15-/m0/s1. The molecule has 1 heterocycles. The molecule has 27 heavy (non-hydrogen) atoms. The molecular formula is C19H30N3O4S+. The van der Waals surface area contributed by atoms with Crippen LogP contribution in [0.5, 0.6) is 0 Å². The van der Waals surface area contributed by atoms with E-state index in [2.05, 4.69) is 19.2 Å². The second-order valence-electron chi connectivity index (χ2n) is 6.95. The van der Waals surface area contributed by atoms with Crippen LogP contribution < -0.4 is 10.2 Å². The molecule has 2 amide bonds. The van der Waals surface area contributed by atoms with E-state index < -0.39 is 15.9 Å². The molecule has 1 aliphatic heterocycles. The fraction of sp³-hybridized carbons (Fsp3) is 0.579. The summed E-state index contributed by atoms with van der Waals surface area (Å²) in [6, 6.07) is 6.15. The number of hydrogen-bond donors (Lipinski definition) is 2. The number of quaternary nitrogens is 1. The maximum absolute atomic E-state index is 12.5. The lowest BCUT2D eigenvalue weighted by molar-refractivity contribution is -0.896. The van der Waals surface area contributed by atoms with E-state index in [1.165, 1.54) is 17.0 Å². The van der Waals surface area contributed by atoms with E-state index in [0.29, 0.717) is 0 Å². The van der Waals surface area contributed by atoms with E-state index in [0.717, 1.165) is 36.8 Å². The second kappa shape index (κ2) is 9.32. The topological polar surface area (TPSA) is 88.0 Å². The summed E-state index contributed by atoms with van der Waals surface area (Å²) >= 11 is 0. The number of nitrogens with zero attached hydrogens (tertiary/aromatic N) is 1. The van der Waals surface area contributed by atoms with E-state index in [1.807, 2.05) is 6.92 Å². The van der Waals surface area contributed by atoms with Crippen molar-refractivity contribution in [1.29, 1.82) is 0 Å². The highest BCUT2D eigenvalue weighted by Gasteiger charge is 2.40. The van der Waals surface area contributed by atoms with Gasteiger partial charge >= 0.3 is 0 Å². The number of sulfonamides is 1. The van der Waals surface area contributed by atoms with Crippen molar-refractivity contribution >= 4 is 21.8 Å². The Morgan fingerprint density at radius 2 is 1.89 bits per heavy atom. The molecule has 2 rings (SSSR count). The van der Waals surface area contributed by atoms with Crippen LogP contribution in [0.2, 0.25) is 0 Å². The SMILES string of the molecule is CC[NH+](CC)CCC[C@H](C)NC(=O)CCN1C(=O)c2ccccc2S1(=O)=O. The lowest BCUT2D eigenvalue weighted by atomic mass is 10.1. The number of hydrogen-bond acceptors (Lipinski definition) is 4. The lowest BCUT2D eigenvalue weighted by Gasteiger charge is -2.19. The Kier molecular flexibility index (Phi) is 7.38. The van der Waals surface area contributed by atoms with E-state index in [-0.39, 0.29) is 35.4 Å². The van der Waals surface area contributed by atoms with Gasteiger partial charge in [-0.3, -0.25) is 9.59 Å². The predicted molar refractivity (Wildman–Crippen MR) is 103 cm³/mol. The molecule has 0 radical (unpaired) electrons. The van der Waals surface area contributed by atoms with Crippen LogP contribution in [0.25, 0.3) is 0 Å². The van der Waals surface area contributed by atoms with Crippen LogP contribution in [0.3, 0.4) is 0 Å². The Hall–Kier alpha value is -1.93.